The number of aliphatic hydroxyl groups is 1. The Hall–Kier alpha value is -3.73. The molecule has 2 rings (SSSR count). The van der Waals surface area contributed by atoms with Crippen LogP contribution in [0.5, 0.6) is 0 Å². The third-order valence-corrected chi connectivity index (χ3v) is 4.61. The first kappa shape index (κ1) is 19.6. The van der Waals surface area contributed by atoms with Crippen LogP contribution in [0.25, 0.3) is 5.76 Å². The summed E-state index contributed by atoms with van der Waals surface area (Å²) in [6.45, 7) is 0. The van der Waals surface area contributed by atoms with Crippen molar-refractivity contribution in [3.05, 3.63) is 70.3 Å². The van der Waals surface area contributed by atoms with Gasteiger partial charge < -0.3 is 10.2 Å². The molecule has 27 heavy (non-hydrogen) atoms. The molecule has 0 aromatic heterocycles. The van der Waals surface area contributed by atoms with Gasteiger partial charge in [0.15, 0.2) is 0 Å². The summed E-state index contributed by atoms with van der Waals surface area (Å²) in [5.74, 6) is -3.78. The lowest BCUT2D eigenvalue weighted by Crippen LogP contribution is -2.13. The summed E-state index contributed by atoms with van der Waals surface area (Å²) in [4.78, 5) is 31.3. The van der Waals surface area contributed by atoms with Crippen LogP contribution < -0.4 is 4.72 Å². The van der Waals surface area contributed by atoms with Crippen molar-refractivity contribution in [3.63, 3.8) is 0 Å². The van der Waals surface area contributed by atoms with Gasteiger partial charge >= 0.3 is 5.97 Å². The van der Waals surface area contributed by atoms with Crippen LogP contribution in [0.1, 0.15) is 5.56 Å². The van der Waals surface area contributed by atoms with Crippen LogP contribution in [0.2, 0.25) is 0 Å². The summed E-state index contributed by atoms with van der Waals surface area (Å²) in [6.07, 6.45) is 0.483. The van der Waals surface area contributed by atoms with E-state index >= 15 is 0 Å². The van der Waals surface area contributed by atoms with E-state index in [2.05, 4.69) is 4.72 Å². The molecule has 2 aromatic rings. The van der Waals surface area contributed by atoms with Crippen molar-refractivity contribution in [3.8, 4) is 0 Å². The topological polar surface area (TPSA) is 164 Å². The van der Waals surface area contributed by atoms with Crippen molar-refractivity contribution in [2.75, 3.05) is 4.72 Å². The number of rotatable bonds is 7. The predicted molar refractivity (Wildman–Crippen MR) is 93.6 cm³/mol. The Bertz CT molecular complexity index is 1060. The number of ketones is 1. The third-order valence-electron chi connectivity index (χ3n) is 3.23. The molecule has 0 aliphatic heterocycles. The van der Waals surface area contributed by atoms with E-state index in [-0.39, 0.29) is 16.1 Å². The second-order valence-electron chi connectivity index (χ2n) is 5.14. The minimum Gasteiger partial charge on any atom is -0.507 e. The molecule has 3 N–H and O–H groups in total. The Balaban J connectivity index is 2.32. The second kappa shape index (κ2) is 7.66. The van der Waals surface area contributed by atoms with E-state index in [4.69, 9.17) is 5.11 Å². The molecule has 0 aliphatic carbocycles. The Morgan fingerprint density at radius 2 is 1.74 bits per heavy atom. The fourth-order valence-electron chi connectivity index (χ4n) is 1.99. The Kier molecular flexibility index (Phi) is 5.56. The number of nitro benzene ring substituents is 1. The monoisotopic (exact) mass is 392 g/mol. The average molecular weight is 392 g/mol. The number of sulfonamides is 1. The molecule has 10 nitrogen and oxygen atoms in total. The van der Waals surface area contributed by atoms with Gasteiger partial charge in [0, 0.05) is 29.5 Å². The maximum absolute atomic E-state index is 12.4. The number of aliphatic hydroxyl groups excluding tert-OH is 1. The van der Waals surface area contributed by atoms with Crippen LogP contribution in [0.3, 0.4) is 0 Å². The predicted octanol–water partition coefficient (Wildman–Crippen LogP) is 1.95. The molecule has 0 spiro atoms. The average Bonchev–Trinajstić information content (AvgIpc) is 2.61. The summed E-state index contributed by atoms with van der Waals surface area (Å²) in [5, 5.41) is 29.1. The minimum absolute atomic E-state index is 0.0103. The van der Waals surface area contributed by atoms with Crippen LogP contribution in [-0.2, 0) is 19.6 Å². The molecule has 0 bridgehead atoms. The van der Waals surface area contributed by atoms with Crippen LogP contribution >= 0.6 is 0 Å². The van der Waals surface area contributed by atoms with E-state index in [1.165, 1.54) is 30.3 Å². The van der Waals surface area contributed by atoms with Crippen LogP contribution in [0.15, 0.2) is 59.5 Å². The summed E-state index contributed by atoms with van der Waals surface area (Å²) in [5.41, 5.74) is -0.426. The van der Waals surface area contributed by atoms with Gasteiger partial charge in [0.2, 0.25) is 0 Å². The van der Waals surface area contributed by atoms with Gasteiger partial charge in [-0.3, -0.25) is 19.6 Å². The zero-order valence-corrected chi connectivity index (χ0v) is 14.2. The SMILES string of the molecule is O=C(O)C(=O)C=C(O)c1cccc(NS(=O)(=O)c2cccc([N+](=O)[O-])c2)c1. The smallest absolute Gasteiger partial charge is 0.376 e. The van der Waals surface area contributed by atoms with Crippen molar-refractivity contribution in [1.29, 1.82) is 0 Å². The Morgan fingerprint density at radius 1 is 1.07 bits per heavy atom. The van der Waals surface area contributed by atoms with Crippen LogP contribution in [0, 0.1) is 10.1 Å². The molecule has 140 valence electrons. The normalized spacial score (nSPS) is 11.6. The Labute approximate surface area is 152 Å². The highest BCUT2D eigenvalue weighted by Crippen LogP contribution is 2.22. The van der Waals surface area contributed by atoms with Gasteiger partial charge in [-0.2, -0.15) is 0 Å². The molecule has 0 radical (unpaired) electrons. The first-order valence-electron chi connectivity index (χ1n) is 7.16. The van der Waals surface area contributed by atoms with Gasteiger partial charge in [0.1, 0.15) is 5.76 Å². The van der Waals surface area contributed by atoms with Crippen molar-refractivity contribution < 1.29 is 33.1 Å². The number of non-ortho nitro benzene ring substituents is 1. The van der Waals surface area contributed by atoms with E-state index < -0.39 is 38.1 Å². The molecular formula is C16H12N2O8S. The molecule has 11 heteroatoms. The number of hydrogen-bond acceptors (Lipinski definition) is 7. The molecule has 0 amide bonds. The molecule has 0 fully saturated rings. The fourth-order valence-corrected chi connectivity index (χ4v) is 3.08. The number of anilines is 1. The van der Waals surface area contributed by atoms with E-state index in [1.54, 1.807) is 0 Å². The maximum atomic E-state index is 12.4. The molecule has 0 heterocycles. The molecular weight excluding hydrogens is 380 g/mol. The number of carbonyl (C=O) groups is 2. The summed E-state index contributed by atoms with van der Waals surface area (Å²) in [7, 11) is -4.16. The van der Waals surface area contributed by atoms with Gasteiger partial charge in [-0.25, -0.2) is 13.2 Å². The minimum atomic E-state index is -4.16. The van der Waals surface area contributed by atoms with Crippen molar-refractivity contribution in [2.24, 2.45) is 0 Å². The first-order chi connectivity index (χ1) is 12.6. The fraction of sp³-hybridized carbons (Fsp3) is 0. The molecule has 0 saturated carbocycles. The van der Waals surface area contributed by atoms with Gasteiger partial charge in [-0.05, 0) is 18.2 Å². The third kappa shape index (κ3) is 4.89. The standard InChI is InChI=1S/C16H12N2O8S/c19-14(9-15(20)16(21)22)10-3-1-4-11(7-10)17-27(25,26)13-6-2-5-12(8-13)18(23)24/h1-9,17,19H,(H,21,22). The number of carboxylic acid groups (broad SMARTS) is 1. The zero-order valence-electron chi connectivity index (χ0n) is 13.4. The van der Waals surface area contributed by atoms with E-state index in [1.807, 2.05) is 0 Å². The number of nitrogens with one attached hydrogen (secondary N) is 1. The zero-order chi connectivity index (χ0) is 20.2. The summed E-state index contributed by atoms with van der Waals surface area (Å²) in [6, 6.07) is 9.59. The number of nitro groups is 1. The van der Waals surface area contributed by atoms with Crippen LogP contribution in [-0.4, -0.2) is 35.3 Å². The lowest BCUT2D eigenvalue weighted by atomic mass is 10.1. The molecule has 2 aromatic carbocycles. The van der Waals surface area contributed by atoms with Crippen molar-refractivity contribution in [1.82, 2.24) is 0 Å². The van der Waals surface area contributed by atoms with E-state index in [0.717, 1.165) is 18.2 Å². The summed E-state index contributed by atoms with van der Waals surface area (Å²) >= 11 is 0. The maximum Gasteiger partial charge on any atom is 0.376 e. The molecule has 0 atom stereocenters. The highest BCUT2D eigenvalue weighted by molar-refractivity contribution is 7.92. The lowest BCUT2D eigenvalue weighted by Gasteiger charge is -2.09. The van der Waals surface area contributed by atoms with Crippen molar-refractivity contribution >= 4 is 38.9 Å². The molecule has 0 aliphatic rings. The van der Waals surface area contributed by atoms with E-state index in [9.17, 15) is 33.2 Å². The van der Waals surface area contributed by atoms with Gasteiger partial charge in [0.05, 0.1) is 9.82 Å². The lowest BCUT2D eigenvalue weighted by molar-refractivity contribution is -0.385. The quantitative estimate of drug-likeness (QED) is 0.211. The molecule has 0 saturated heterocycles. The first-order valence-corrected chi connectivity index (χ1v) is 8.64. The van der Waals surface area contributed by atoms with Gasteiger partial charge in [-0.1, -0.05) is 18.2 Å². The summed E-state index contributed by atoms with van der Waals surface area (Å²) < 4.78 is 26.9. The number of carboxylic acids is 1. The number of aliphatic carboxylic acids is 1. The van der Waals surface area contributed by atoms with Gasteiger partial charge in [0.25, 0.3) is 21.5 Å². The highest BCUT2D eigenvalue weighted by Gasteiger charge is 2.18. The Morgan fingerprint density at radius 3 is 2.37 bits per heavy atom. The van der Waals surface area contributed by atoms with Crippen molar-refractivity contribution in [2.45, 2.75) is 4.90 Å². The highest BCUT2D eigenvalue weighted by atomic mass is 32.2. The second-order valence-corrected chi connectivity index (χ2v) is 6.82. The van der Waals surface area contributed by atoms with Gasteiger partial charge in [-0.15, -0.1) is 0 Å². The molecule has 0 unspecified atom stereocenters. The number of nitrogens with zero attached hydrogens (tertiary/aromatic N) is 1. The number of carbonyl (C=O) groups excluding carboxylic acids is 1. The largest absolute Gasteiger partial charge is 0.507 e. The number of benzene rings is 2. The van der Waals surface area contributed by atoms with Crippen LogP contribution in [0.4, 0.5) is 11.4 Å². The number of hydrogen-bond donors (Lipinski definition) is 3. The van der Waals surface area contributed by atoms with E-state index in [0.29, 0.717) is 6.08 Å².